The molecule has 1 aliphatic heterocycles. The normalized spacial score (nSPS) is 22.2. The van der Waals surface area contributed by atoms with Crippen molar-refractivity contribution in [3.63, 3.8) is 0 Å². The second-order valence-corrected chi connectivity index (χ2v) is 4.84. The number of nitrogens with one attached hydrogen (secondary N) is 1. The number of fused-ring (bicyclic) bond motifs is 1. The maximum Gasteiger partial charge on any atom is 0.305 e. The first-order valence-corrected chi connectivity index (χ1v) is 6.24. The Kier molecular flexibility index (Phi) is 3.87. The molecule has 4 nitrogen and oxygen atoms in total. The average Bonchev–Trinajstić information content (AvgIpc) is 2.28. The van der Waals surface area contributed by atoms with E-state index in [1.54, 1.807) is 0 Å². The van der Waals surface area contributed by atoms with Gasteiger partial charge in [-0.3, -0.25) is 4.79 Å². The molecule has 0 aromatic heterocycles. The van der Waals surface area contributed by atoms with E-state index in [1.807, 2.05) is 24.3 Å². The number of carbonyl (C=O) groups is 1. The van der Waals surface area contributed by atoms with Gasteiger partial charge in [0.05, 0.1) is 6.04 Å². The van der Waals surface area contributed by atoms with E-state index in [0.717, 1.165) is 17.7 Å². The minimum atomic E-state index is -0.556. The highest BCUT2D eigenvalue weighted by Gasteiger charge is 2.32. The number of ether oxygens (including phenoxy) is 2. The molecule has 98 valence electrons. The van der Waals surface area contributed by atoms with Gasteiger partial charge < -0.3 is 14.8 Å². The van der Waals surface area contributed by atoms with E-state index in [-0.39, 0.29) is 12.0 Å². The first-order chi connectivity index (χ1) is 8.56. The van der Waals surface area contributed by atoms with Gasteiger partial charge in [-0.1, -0.05) is 32.0 Å². The smallest absolute Gasteiger partial charge is 0.305 e. The van der Waals surface area contributed by atoms with E-state index in [9.17, 15) is 4.79 Å². The molecule has 1 heterocycles. The molecule has 0 saturated heterocycles. The molecule has 1 aromatic carbocycles. The third-order valence-corrected chi connectivity index (χ3v) is 2.81. The lowest BCUT2D eigenvalue weighted by Crippen LogP contribution is -2.51. The first-order valence-electron chi connectivity index (χ1n) is 6.24. The number of carbonyl (C=O) groups excluding carboxylic acids is 1. The Morgan fingerprint density at radius 2 is 2.17 bits per heavy atom. The number of benzene rings is 1. The minimum Gasteiger partial charge on any atom is -0.453 e. The zero-order valence-electron chi connectivity index (χ0n) is 11.0. The van der Waals surface area contributed by atoms with E-state index in [1.165, 1.54) is 6.92 Å². The molecule has 0 bridgehead atoms. The van der Waals surface area contributed by atoms with E-state index in [2.05, 4.69) is 19.2 Å². The number of hydrogen-bond donors (Lipinski definition) is 1. The van der Waals surface area contributed by atoms with E-state index < -0.39 is 6.29 Å². The Morgan fingerprint density at radius 1 is 1.44 bits per heavy atom. The molecular weight excluding hydrogens is 230 g/mol. The van der Waals surface area contributed by atoms with E-state index >= 15 is 0 Å². The van der Waals surface area contributed by atoms with Crippen LogP contribution >= 0.6 is 0 Å². The van der Waals surface area contributed by atoms with Gasteiger partial charge in [0.1, 0.15) is 5.75 Å². The van der Waals surface area contributed by atoms with Crippen LogP contribution in [-0.4, -0.2) is 24.3 Å². The molecule has 0 fully saturated rings. The predicted molar refractivity (Wildman–Crippen MR) is 68.4 cm³/mol. The summed E-state index contributed by atoms with van der Waals surface area (Å²) in [4.78, 5) is 11.1. The fourth-order valence-corrected chi connectivity index (χ4v) is 2.16. The molecule has 1 unspecified atom stereocenters. The lowest BCUT2D eigenvalue weighted by Gasteiger charge is -2.34. The highest BCUT2D eigenvalue weighted by molar-refractivity contribution is 5.66. The van der Waals surface area contributed by atoms with E-state index in [4.69, 9.17) is 9.47 Å². The molecule has 2 atom stereocenters. The standard InChI is InChI=1S/C14H19NO3/c1-9(2)15-12-8-11-6-4-5-7-13(11)18-14(12)17-10(3)16/h4-7,9,12,14-15H,8H2,1-3H3/t12-,14?/m0/s1. The Bertz CT molecular complexity index is 431. The van der Waals surface area contributed by atoms with Crippen LogP contribution < -0.4 is 10.1 Å². The molecule has 1 aromatic rings. The fourth-order valence-electron chi connectivity index (χ4n) is 2.16. The number of para-hydroxylation sites is 1. The predicted octanol–water partition coefficient (Wildman–Crippen LogP) is 1.88. The van der Waals surface area contributed by atoms with Crippen LogP contribution in [0.25, 0.3) is 0 Å². The molecule has 1 N–H and O–H groups in total. The summed E-state index contributed by atoms with van der Waals surface area (Å²) < 4.78 is 11.0. The molecule has 1 aliphatic rings. The van der Waals surface area contributed by atoms with Crippen LogP contribution in [0.4, 0.5) is 0 Å². The van der Waals surface area contributed by atoms with Crippen molar-refractivity contribution in [2.75, 3.05) is 0 Å². The van der Waals surface area contributed by atoms with Crippen LogP contribution in [0.1, 0.15) is 26.3 Å². The summed E-state index contributed by atoms with van der Waals surface area (Å²) in [6.07, 6.45) is 0.242. The van der Waals surface area contributed by atoms with Gasteiger partial charge in [0, 0.05) is 13.0 Å². The number of hydrogen-bond acceptors (Lipinski definition) is 4. The van der Waals surface area contributed by atoms with Gasteiger partial charge in [-0.2, -0.15) is 0 Å². The van der Waals surface area contributed by atoms with Crippen LogP contribution in [0, 0.1) is 0 Å². The lowest BCUT2D eigenvalue weighted by molar-refractivity contribution is -0.167. The molecule has 0 radical (unpaired) electrons. The second kappa shape index (κ2) is 5.40. The van der Waals surface area contributed by atoms with Crippen molar-refractivity contribution >= 4 is 5.97 Å². The van der Waals surface area contributed by atoms with Gasteiger partial charge >= 0.3 is 5.97 Å². The summed E-state index contributed by atoms with van der Waals surface area (Å²) in [7, 11) is 0. The maximum atomic E-state index is 11.1. The molecule has 2 rings (SSSR count). The quantitative estimate of drug-likeness (QED) is 0.831. The topological polar surface area (TPSA) is 47.6 Å². The molecule has 0 aliphatic carbocycles. The van der Waals surface area contributed by atoms with Crippen molar-refractivity contribution in [2.24, 2.45) is 0 Å². The van der Waals surface area contributed by atoms with Gasteiger partial charge in [0.25, 0.3) is 6.29 Å². The Balaban J connectivity index is 2.18. The Labute approximate surface area is 107 Å². The van der Waals surface area contributed by atoms with E-state index in [0.29, 0.717) is 6.04 Å². The van der Waals surface area contributed by atoms with Gasteiger partial charge in [0.15, 0.2) is 0 Å². The van der Waals surface area contributed by atoms with Crippen LogP contribution in [0.2, 0.25) is 0 Å². The summed E-state index contributed by atoms with van der Waals surface area (Å²) in [6, 6.07) is 8.14. The highest BCUT2D eigenvalue weighted by Crippen LogP contribution is 2.28. The maximum absolute atomic E-state index is 11.1. The van der Waals surface area contributed by atoms with Crippen LogP contribution in [0.15, 0.2) is 24.3 Å². The van der Waals surface area contributed by atoms with Gasteiger partial charge in [-0.25, -0.2) is 0 Å². The van der Waals surface area contributed by atoms with Crippen molar-refractivity contribution in [1.29, 1.82) is 0 Å². The first kappa shape index (κ1) is 12.9. The van der Waals surface area contributed by atoms with Crippen molar-refractivity contribution < 1.29 is 14.3 Å². The SMILES string of the molecule is CC(=O)OC1Oc2ccccc2C[C@@H]1NC(C)C. The van der Waals surface area contributed by atoms with Crippen molar-refractivity contribution in [1.82, 2.24) is 5.32 Å². The van der Waals surface area contributed by atoms with Crippen molar-refractivity contribution in [3.8, 4) is 5.75 Å². The third-order valence-electron chi connectivity index (χ3n) is 2.81. The van der Waals surface area contributed by atoms with Gasteiger partial charge in [-0.15, -0.1) is 0 Å². The Hall–Kier alpha value is -1.55. The lowest BCUT2D eigenvalue weighted by atomic mass is 10.0. The van der Waals surface area contributed by atoms with Crippen LogP contribution in [-0.2, 0) is 16.0 Å². The molecule has 18 heavy (non-hydrogen) atoms. The Morgan fingerprint density at radius 3 is 2.83 bits per heavy atom. The van der Waals surface area contributed by atoms with Gasteiger partial charge in [-0.05, 0) is 18.1 Å². The summed E-state index contributed by atoms with van der Waals surface area (Å²) >= 11 is 0. The largest absolute Gasteiger partial charge is 0.453 e. The fraction of sp³-hybridized carbons (Fsp3) is 0.500. The zero-order valence-corrected chi connectivity index (χ0v) is 11.0. The molecule has 0 amide bonds. The molecule has 0 saturated carbocycles. The average molecular weight is 249 g/mol. The number of rotatable bonds is 3. The second-order valence-electron chi connectivity index (χ2n) is 4.84. The van der Waals surface area contributed by atoms with Crippen molar-refractivity contribution in [2.45, 2.75) is 45.6 Å². The third kappa shape index (κ3) is 3.01. The molecule has 0 spiro atoms. The molecular formula is C14H19NO3. The minimum absolute atomic E-state index is 0.0104. The summed E-state index contributed by atoms with van der Waals surface area (Å²) in [5.41, 5.74) is 1.14. The monoisotopic (exact) mass is 249 g/mol. The zero-order chi connectivity index (χ0) is 13.1. The highest BCUT2D eigenvalue weighted by atomic mass is 16.7. The van der Waals surface area contributed by atoms with Crippen LogP contribution in [0.3, 0.4) is 0 Å². The van der Waals surface area contributed by atoms with Crippen molar-refractivity contribution in [3.05, 3.63) is 29.8 Å². The summed E-state index contributed by atoms with van der Waals surface area (Å²) in [6.45, 7) is 5.52. The summed E-state index contributed by atoms with van der Waals surface area (Å²) in [5.74, 6) is 0.473. The number of esters is 1. The molecule has 4 heteroatoms. The van der Waals surface area contributed by atoms with Crippen LogP contribution in [0.5, 0.6) is 5.75 Å². The summed E-state index contributed by atoms with van der Waals surface area (Å²) in [5, 5.41) is 3.38. The van der Waals surface area contributed by atoms with Gasteiger partial charge in [0.2, 0.25) is 0 Å².